The number of H-pyrrole nitrogens is 1. The van der Waals surface area contributed by atoms with Gasteiger partial charge in [0.25, 0.3) is 5.78 Å². The zero-order chi connectivity index (χ0) is 13.8. The van der Waals surface area contributed by atoms with Gasteiger partial charge in [0.05, 0.1) is 0 Å². The fourth-order valence-corrected chi connectivity index (χ4v) is 2.14. The van der Waals surface area contributed by atoms with Crippen LogP contribution in [0.1, 0.15) is 40.5 Å². The van der Waals surface area contributed by atoms with Crippen LogP contribution in [0.5, 0.6) is 0 Å². The molecule has 4 nitrogen and oxygen atoms in total. The highest BCUT2D eigenvalue weighted by Gasteiger charge is 2.35. The number of nitrogens with zero attached hydrogens (tertiary/aromatic N) is 1. The van der Waals surface area contributed by atoms with E-state index in [2.05, 4.69) is 9.97 Å². The number of carbonyl (C=O) groups is 2. The van der Waals surface area contributed by atoms with Gasteiger partial charge < -0.3 is 4.98 Å². The first-order chi connectivity index (χ1) is 8.89. The third-order valence-corrected chi connectivity index (χ3v) is 3.13. The van der Waals surface area contributed by atoms with Crippen molar-refractivity contribution < 1.29 is 14.0 Å². The van der Waals surface area contributed by atoms with Gasteiger partial charge in [0.15, 0.2) is 5.67 Å². The molecule has 1 N–H and O–H groups in total. The standard InChI is InChI=1S/C14H11FN2O2/c1-14(2,15)13-16-9-7-5-3-4-6-8(7)11(18)12(19)10(9)17-13/h3-6H,1-2H3,(H,16,17). The Hall–Kier alpha value is -2.30. The van der Waals surface area contributed by atoms with Crippen molar-refractivity contribution in [3.63, 3.8) is 0 Å². The van der Waals surface area contributed by atoms with Crippen molar-refractivity contribution in [2.75, 3.05) is 0 Å². The molecule has 2 aromatic rings. The summed E-state index contributed by atoms with van der Waals surface area (Å²) in [5.74, 6) is -1.21. The van der Waals surface area contributed by atoms with Crippen molar-refractivity contribution in [3.05, 3.63) is 41.3 Å². The zero-order valence-electron chi connectivity index (χ0n) is 10.5. The van der Waals surface area contributed by atoms with Crippen LogP contribution in [0.25, 0.3) is 11.3 Å². The molecule has 3 rings (SSSR count). The topological polar surface area (TPSA) is 62.8 Å². The van der Waals surface area contributed by atoms with Crippen molar-refractivity contribution in [3.8, 4) is 11.3 Å². The summed E-state index contributed by atoms with van der Waals surface area (Å²) in [7, 11) is 0. The van der Waals surface area contributed by atoms with Gasteiger partial charge >= 0.3 is 0 Å². The fraction of sp³-hybridized carbons (Fsp3) is 0.214. The van der Waals surface area contributed by atoms with Crippen LogP contribution in [0.3, 0.4) is 0 Å². The van der Waals surface area contributed by atoms with Gasteiger partial charge in [0.1, 0.15) is 17.2 Å². The van der Waals surface area contributed by atoms with Crippen LogP contribution in [-0.4, -0.2) is 21.5 Å². The van der Waals surface area contributed by atoms with E-state index in [1.54, 1.807) is 24.3 Å². The number of alkyl halides is 1. The second-order valence-corrected chi connectivity index (χ2v) is 4.99. The van der Waals surface area contributed by atoms with E-state index in [9.17, 15) is 14.0 Å². The lowest BCUT2D eigenvalue weighted by Gasteiger charge is -2.11. The largest absolute Gasteiger partial charge is 0.336 e. The van der Waals surface area contributed by atoms with Crippen LogP contribution in [0.4, 0.5) is 4.39 Å². The quantitative estimate of drug-likeness (QED) is 0.800. The summed E-state index contributed by atoms with van der Waals surface area (Å²) >= 11 is 0. The van der Waals surface area contributed by atoms with E-state index in [4.69, 9.17) is 0 Å². The molecule has 0 saturated heterocycles. The highest BCUT2D eigenvalue weighted by Crippen LogP contribution is 2.34. The Morgan fingerprint density at radius 3 is 2.37 bits per heavy atom. The maximum atomic E-state index is 13.9. The Kier molecular flexibility index (Phi) is 2.23. The molecule has 5 heteroatoms. The van der Waals surface area contributed by atoms with Gasteiger partial charge in [-0.15, -0.1) is 0 Å². The average Bonchev–Trinajstić information content (AvgIpc) is 2.81. The number of rotatable bonds is 1. The van der Waals surface area contributed by atoms with Gasteiger partial charge in [-0.05, 0) is 13.8 Å². The normalized spacial score (nSPS) is 14.3. The maximum absolute atomic E-state index is 13.9. The minimum absolute atomic E-state index is 0.0513. The smallest absolute Gasteiger partial charge is 0.251 e. The van der Waals surface area contributed by atoms with E-state index in [0.29, 0.717) is 16.8 Å². The summed E-state index contributed by atoms with van der Waals surface area (Å²) in [5.41, 5.74) is -0.399. The fourth-order valence-electron chi connectivity index (χ4n) is 2.14. The first kappa shape index (κ1) is 11.8. The van der Waals surface area contributed by atoms with E-state index in [-0.39, 0.29) is 11.5 Å². The molecule has 0 atom stereocenters. The minimum Gasteiger partial charge on any atom is -0.336 e. The lowest BCUT2D eigenvalue weighted by Crippen LogP contribution is -2.21. The molecule has 1 aromatic heterocycles. The molecule has 0 aliphatic heterocycles. The second kappa shape index (κ2) is 3.60. The van der Waals surface area contributed by atoms with Crippen molar-refractivity contribution >= 4 is 11.6 Å². The molecule has 0 radical (unpaired) electrons. The van der Waals surface area contributed by atoms with Gasteiger partial charge in [0.2, 0.25) is 5.78 Å². The molecular formula is C14H11FN2O2. The van der Waals surface area contributed by atoms with Gasteiger partial charge in [-0.1, -0.05) is 24.3 Å². The van der Waals surface area contributed by atoms with E-state index in [1.165, 1.54) is 13.8 Å². The Balaban J connectivity index is 2.30. The highest BCUT2D eigenvalue weighted by atomic mass is 19.1. The Labute approximate surface area is 108 Å². The molecule has 0 spiro atoms. The van der Waals surface area contributed by atoms with E-state index < -0.39 is 17.2 Å². The first-order valence-corrected chi connectivity index (χ1v) is 5.87. The van der Waals surface area contributed by atoms with E-state index in [1.807, 2.05) is 0 Å². The van der Waals surface area contributed by atoms with Crippen LogP contribution in [0.15, 0.2) is 24.3 Å². The molecule has 96 valence electrons. The minimum atomic E-state index is -1.70. The summed E-state index contributed by atoms with van der Waals surface area (Å²) in [5, 5.41) is 0. The Morgan fingerprint density at radius 1 is 1.11 bits per heavy atom. The number of ketones is 2. The number of fused-ring (bicyclic) bond motifs is 3. The molecule has 0 fully saturated rings. The highest BCUT2D eigenvalue weighted by molar-refractivity contribution is 6.52. The van der Waals surface area contributed by atoms with Gasteiger partial charge in [-0.3, -0.25) is 9.59 Å². The van der Waals surface area contributed by atoms with Crippen molar-refractivity contribution in [2.45, 2.75) is 19.5 Å². The number of hydrogen-bond acceptors (Lipinski definition) is 3. The molecule has 19 heavy (non-hydrogen) atoms. The van der Waals surface area contributed by atoms with Crippen LogP contribution in [0, 0.1) is 0 Å². The Bertz CT molecular complexity index is 710. The summed E-state index contributed by atoms with van der Waals surface area (Å²) in [6.45, 7) is 2.69. The number of carbonyl (C=O) groups excluding carboxylic acids is 2. The number of hydrogen-bond donors (Lipinski definition) is 1. The summed E-state index contributed by atoms with van der Waals surface area (Å²) < 4.78 is 13.9. The van der Waals surface area contributed by atoms with Gasteiger partial charge in [0, 0.05) is 11.1 Å². The average molecular weight is 258 g/mol. The monoisotopic (exact) mass is 258 g/mol. The maximum Gasteiger partial charge on any atom is 0.251 e. The summed E-state index contributed by atoms with van der Waals surface area (Å²) in [6.07, 6.45) is 0. The van der Waals surface area contributed by atoms with Crippen molar-refractivity contribution in [1.29, 1.82) is 0 Å². The first-order valence-electron chi connectivity index (χ1n) is 5.87. The SMILES string of the molecule is CC(C)(F)c1nc2c([nH]1)C(=O)C(=O)c1ccccc1-2. The lowest BCUT2D eigenvalue weighted by atomic mass is 9.90. The molecule has 0 amide bonds. The number of aromatic nitrogens is 2. The number of aromatic amines is 1. The molecular weight excluding hydrogens is 247 g/mol. The number of nitrogens with one attached hydrogen (secondary N) is 1. The molecule has 1 aliphatic carbocycles. The molecule has 0 bridgehead atoms. The summed E-state index contributed by atoms with van der Waals surface area (Å²) in [4.78, 5) is 30.7. The molecule has 1 heterocycles. The van der Waals surface area contributed by atoms with Crippen LogP contribution < -0.4 is 0 Å². The number of imidazole rings is 1. The molecule has 1 aliphatic rings. The zero-order valence-corrected chi connectivity index (χ0v) is 10.5. The van der Waals surface area contributed by atoms with E-state index in [0.717, 1.165) is 0 Å². The van der Waals surface area contributed by atoms with Crippen LogP contribution in [-0.2, 0) is 5.67 Å². The van der Waals surface area contributed by atoms with Crippen LogP contribution >= 0.6 is 0 Å². The van der Waals surface area contributed by atoms with Crippen LogP contribution in [0.2, 0.25) is 0 Å². The van der Waals surface area contributed by atoms with Crippen molar-refractivity contribution in [2.24, 2.45) is 0 Å². The Morgan fingerprint density at radius 2 is 1.74 bits per heavy atom. The molecule has 0 unspecified atom stereocenters. The number of halogens is 1. The third kappa shape index (κ3) is 1.62. The predicted molar refractivity (Wildman–Crippen MR) is 66.8 cm³/mol. The number of Topliss-reactive ketones (excluding diaryl/α,β-unsaturated/α-hetero) is 2. The predicted octanol–water partition coefficient (Wildman–Crippen LogP) is 2.66. The third-order valence-electron chi connectivity index (χ3n) is 3.13. The second-order valence-electron chi connectivity index (χ2n) is 4.99. The van der Waals surface area contributed by atoms with E-state index >= 15 is 0 Å². The lowest BCUT2D eigenvalue weighted by molar-refractivity contribution is 0.0812. The molecule has 0 saturated carbocycles. The van der Waals surface area contributed by atoms with Crippen molar-refractivity contribution in [1.82, 2.24) is 9.97 Å². The summed E-state index contributed by atoms with van der Waals surface area (Å²) in [6, 6.07) is 6.71. The van der Waals surface area contributed by atoms with Gasteiger partial charge in [-0.2, -0.15) is 0 Å². The molecule has 1 aromatic carbocycles. The van der Waals surface area contributed by atoms with Gasteiger partial charge in [-0.25, -0.2) is 9.37 Å². The number of benzene rings is 1.